The van der Waals surface area contributed by atoms with Gasteiger partial charge < -0.3 is 33.8 Å². The number of rotatable bonds is 65. The van der Waals surface area contributed by atoms with Crippen molar-refractivity contribution in [1.82, 2.24) is 0 Å². The summed E-state index contributed by atoms with van der Waals surface area (Å²) >= 11 is 0. The Morgan fingerprint density at radius 2 is 0.548 bits per heavy atom. The molecule has 17 nitrogen and oxygen atoms in total. The molecular weight excluding hydrogens is 1110 g/mol. The highest BCUT2D eigenvalue weighted by Crippen LogP contribution is 2.45. The number of phosphoric acid groups is 2. The molecule has 0 bridgehead atoms. The van der Waals surface area contributed by atoms with Crippen molar-refractivity contribution in [3.63, 3.8) is 0 Å². The molecule has 19 heteroatoms. The summed E-state index contributed by atoms with van der Waals surface area (Å²) in [5, 5.41) is 10.5. The van der Waals surface area contributed by atoms with E-state index in [2.05, 4.69) is 34.6 Å². The Labute approximate surface area is 511 Å². The van der Waals surface area contributed by atoms with Crippen LogP contribution in [0.5, 0.6) is 0 Å². The average Bonchev–Trinajstić information content (AvgIpc) is 3.61. The molecule has 0 radical (unpaired) electrons. The Kier molecular flexibility index (Phi) is 57.4. The molecule has 0 aromatic rings. The minimum atomic E-state index is -4.94. The number of esters is 4. The molecule has 0 heterocycles. The highest BCUT2D eigenvalue weighted by atomic mass is 31.2. The monoisotopic (exact) mass is 1240 g/mol. The number of phosphoric ester groups is 2. The van der Waals surface area contributed by atoms with Crippen molar-refractivity contribution in [3.8, 4) is 0 Å². The molecule has 0 aliphatic carbocycles. The largest absolute Gasteiger partial charge is 0.472 e. The van der Waals surface area contributed by atoms with Gasteiger partial charge >= 0.3 is 39.5 Å². The van der Waals surface area contributed by atoms with E-state index in [0.29, 0.717) is 25.7 Å². The van der Waals surface area contributed by atoms with Crippen molar-refractivity contribution in [1.29, 1.82) is 0 Å². The van der Waals surface area contributed by atoms with E-state index in [1.54, 1.807) is 0 Å². The fourth-order valence-corrected chi connectivity index (χ4v) is 11.3. The topological polar surface area (TPSA) is 237 Å². The predicted octanol–water partition coefficient (Wildman–Crippen LogP) is 18.2. The molecule has 5 atom stereocenters. The van der Waals surface area contributed by atoms with Crippen molar-refractivity contribution < 1.29 is 80.2 Å². The molecule has 84 heavy (non-hydrogen) atoms. The molecule has 0 spiro atoms. The maximum Gasteiger partial charge on any atom is 0.472 e. The number of aliphatic hydroxyl groups is 1. The lowest BCUT2D eigenvalue weighted by atomic mass is 10.0. The third-order valence-corrected chi connectivity index (χ3v) is 16.9. The van der Waals surface area contributed by atoms with Gasteiger partial charge in [0.05, 0.1) is 26.4 Å². The van der Waals surface area contributed by atoms with Crippen LogP contribution >= 0.6 is 15.6 Å². The van der Waals surface area contributed by atoms with Gasteiger partial charge in [-0.25, -0.2) is 9.13 Å². The van der Waals surface area contributed by atoms with E-state index < -0.39 is 97.5 Å². The smallest absolute Gasteiger partial charge is 0.462 e. The zero-order chi connectivity index (χ0) is 62.0. The van der Waals surface area contributed by atoms with Gasteiger partial charge in [-0.1, -0.05) is 279 Å². The first-order valence-electron chi connectivity index (χ1n) is 34.1. The molecule has 0 aromatic heterocycles. The van der Waals surface area contributed by atoms with Crippen molar-refractivity contribution >= 4 is 39.5 Å². The normalized spacial score (nSPS) is 14.2. The summed E-state index contributed by atoms with van der Waals surface area (Å²) < 4.78 is 67.7. The second-order valence-electron chi connectivity index (χ2n) is 24.0. The van der Waals surface area contributed by atoms with Gasteiger partial charge in [0.15, 0.2) is 12.2 Å². The van der Waals surface area contributed by atoms with Gasteiger partial charge in [-0.15, -0.1) is 0 Å². The molecule has 0 aliphatic rings. The van der Waals surface area contributed by atoms with Crippen LogP contribution < -0.4 is 0 Å². The van der Waals surface area contributed by atoms with Gasteiger partial charge in [-0.2, -0.15) is 0 Å². The number of aliphatic hydroxyl groups excluding tert-OH is 1. The Morgan fingerprint density at radius 1 is 0.321 bits per heavy atom. The number of carbonyl (C=O) groups is 4. The van der Waals surface area contributed by atoms with Crippen molar-refractivity contribution in [2.75, 3.05) is 39.6 Å². The van der Waals surface area contributed by atoms with Gasteiger partial charge in [0.2, 0.25) is 0 Å². The van der Waals surface area contributed by atoms with Crippen molar-refractivity contribution in [3.05, 3.63) is 0 Å². The molecule has 0 amide bonds. The van der Waals surface area contributed by atoms with Crippen LogP contribution in [0.3, 0.4) is 0 Å². The number of ether oxygens (including phenoxy) is 4. The van der Waals surface area contributed by atoms with Crippen LogP contribution in [0, 0.1) is 5.92 Å². The van der Waals surface area contributed by atoms with E-state index in [9.17, 15) is 43.2 Å². The van der Waals surface area contributed by atoms with E-state index in [-0.39, 0.29) is 25.7 Å². The lowest BCUT2D eigenvalue weighted by Crippen LogP contribution is -2.30. The highest BCUT2D eigenvalue weighted by molar-refractivity contribution is 7.47. The fourth-order valence-electron chi connectivity index (χ4n) is 9.76. The number of unbranched alkanes of at least 4 members (excludes halogenated alkanes) is 37. The molecular formula is C65H126O17P2. The number of hydrogen-bond acceptors (Lipinski definition) is 15. The second kappa shape index (κ2) is 58.7. The molecule has 0 aromatic carbocycles. The van der Waals surface area contributed by atoms with Crippen LogP contribution in [0.25, 0.3) is 0 Å². The van der Waals surface area contributed by atoms with Gasteiger partial charge in [-0.3, -0.25) is 37.3 Å². The number of hydrogen-bond donors (Lipinski definition) is 3. The third-order valence-electron chi connectivity index (χ3n) is 15.0. The molecule has 2 unspecified atom stereocenters. The molecule has 3 N–H and O–H groups in total. The molecule has 0 fully saturated rings. The van der Waals surface area contributed by atoms with E-state index in [0.717, 1.165) is 115 Å². The number of carbonyl (C=O) groups excluding carboxylic acids is 4. The maximum atomic E-state index is 13.0. The minimum Gasteiger partial charge on any atom is -0.462 e. The van der Waals surface area contributed by atoms with Crippen LogP contribution in [0.1, 0.15) is 330 Å². The molecule has 0 saturated heterocycles. The van der Waals surface area contributed by atoms with Crippen LogP contribution in [-0.2, 0) is 65.4 Å². The van der Waals surface area contributed by atoms with Crippen LogP contribution in [0.4, 0.5) is 0 Å². The lowest BCUT2D eigenvalue weighted by molar-refractivity contribution is -0.161. The highest BCUT2D eigenvalue weighted by Gasteiger charge is 2.30. The Balaban J connectivity index is 5.05. The second-order valence-corrected chi connectivity index (χ2v) is 26.9. The summed E-state index contributed by atoms with van der Waals surface area (Å²) in [6.45, 7) is 7.10. The summed E-state index contributed by atoms with van der Waals surface area (Å²) in [6.07, 6.45) is 43.7. The molecule has 0 saturated carbocycles. The van der Waals surface area contributed by atoms with Crippen LogP contribution in [0.15, 0.2) is 0 Å². The Hall–Kier alpha value is -1.94. The summed E-state index contributed by atoms with van der Waals surface area (Å²) in [7, 11) is -9.87. The van der Waals surface area contributed by atoms with E-state index in [4.69, 9.17) is 37.0 Å². The summed E-state index contributed by atoms with van der Waals surface area (Å²) in [5.41, 5.74) is 0. The average molecular weight is 1240 g/mol. The predicted molar refractivity (Wildman–Crippen MR) is 335 cm³/mol. The molecule has 0 rings (SSSR count). The standard InChI is InChI=1S/C65H126O17P2/c1-6-9-12-15-17-18-27-31-35-39-44-49-63(68)76-55-61(82-65(70)51-46-41-36-32-29-26-24-22-20-19-21-23-25-28-30-34-38-42-47-58(4)5)57-80-84(73,74)78-53-59(66)52-77-83(71,72)79-56-60(54-75-62(67)48-43-37-14-11-8-3)81-64(69)50-45-40-33-16-13-10-7-2/h58-61,66H,6-57H2,1-5H3,(H,71,72)(H,73,74)/t59-,60+,61+/m0/s1. The quantitative estimate of drug-likeness (QED) is 0.0222. The maximum absolute atomic E-state index is 13.0. The molecule has 0 aliphatic heterocycles. The van der Waals surface area contributed by atoms with Crippen molar-refractivity contribution in [2.45, 2.75) is 348 Å². The van der Waals surface area contributed by atoms with Crippen molar-refractivity contribution in [2.24, 2.45) is 5.92 Å². The van der Waals surface area contributed by atoms with Gasteiger partial charge in [-0.05, 0) is 31.6 Å². The first-order valence-corrected chi connectivity index (χ1v) is 37.1. The third kappa shape index (κ3) is 59.0. The zero-order valence-corrected chi connectivity index (χ0v) is 55.8. The summed E-state index contributed by atoms with van der Waals surface area (Å²) in [6, 6.07) is 0. The lowest BCUT2D eigenvalue weighted by Gasteiger charge is -2.21. The van der Waals surface area contributed by atoms with E-state index in [1.807, 2.05) is 0 Å². The first-order chi connectivity index (χ1) is 40.5. The zero-order valence-electron chi connectivity index (χ0n) is 54.0. The van der Waals surface area contributed by atoms with E-state index in [1.165, 1.54) is 135 Å². The Morgan fingerprint density at radius 3 is 0.810 bits per heavy atom. The van der Waals surface area contributed by atoms with E-state index >= 15 is 0 Å². The van der Waals surface area contributed by atoms with Gasteiger partial charge in [0.1, 0.15) is 19.3 Å². The molecule has 498 valence electrons. The SMILES string of the molecule is CCCCCCCCCCCCCC(=O)OC[C@H](COP(=O)(O)OC[C@@H](O)COP(=O)(O)OC[C@@H](COC(=O)CCCCCCC)OC(=O)CCCCCCCCC)OC(=O)CCCCCCCCCCCCCCCCCCCCC(C)C. The minimum absolute atomic E-state index is 0.103. The first kappa shape index (κ1) is 82.1. The van der Waals surface area contributed by atoms with Crippen LogP contribution in [-0.4, -0.2) is 96.7 Å². The van der Waals surface area contributed by atoms with Crippen LogP contribution in [0.2, 0.25) is 0 Å². The Bertz CT molecular complexity index is 1640. The fraction of sp³-hybridized carbons (Fsp3) is 0.938. The summed E-state index contributed by atoms with van der Waals surface area (Å²) in [5.74, 6) is -1.33. The summed E-state index contributed by atoms with van der Waals surface area (Å²) in [4.78, 5) is 71.8. The van der Waals surface area contributed by atoms with Gasteiger partial charge in [0, 0.05) is 25.7 Å². The van der Waals surface area contributed by atoms with Gasteiger partial charge in [0.25, 0.3) is 0 Å².